The first-order valence-electron chi connectivity index (χ1n) is 4.85. The van der Waals surface area contributed by atoms with Crippen molar-refractivity contribution in [1.29, 1.82) is 0 Å². The molecule has 4 nitrogen and oxygen atoms in total. The zero-order chi connectivity index (χ0) is 11.8. The first-order chi connectivity index (χ1) is 8.25. The van der Waals surface area contributed by atoms with Gasteiger partial charge in [-0.3, -0.25) is 0 Å². The lowest BCUT2D eigenvalue weighted by molar-refractivity contribution is 0.585. The largest absolute Gasteiger partial charge is 0.341 e. The quantitative estimate of drug-likeness (QED) is 0.700. The van der Waals surface area contributed by atoms with E-state index < -0.39 is 11.6 Å². The van der Waals surface area contributed by atoms with Gasteiger partial charge in [0.25, 0.3) is 0 Å². The van der Waals surface area contributed by atoms with Crippen LogP contribution in [0.25, 0.3) is 22.4 Å². The zero-order valence-electron chi connectivity index (χ0n) is 8.48. The third kappa shape index (κ3) is 1.54. The van der Waals surface area contributed by atoms with Gasteiger partial charge in [-0.05, 0) is 12.1 Å². The highest BCUT2D eigenvalue weighted by atomic mass is 19.1. The van der Waals surface area contributed by atoms with Crippen LogP contribution >= 0.6 is 0 Å². The Morgan fingerprint density at radius 1 is 1.06 bits per heavy atom. The molecular weight excluding hydrogens is 226 g/mol. The number of H-pyrrole nitrogens is 1. The number of rotatable bonds is 1. The molecule has 0 saturated carbocycles. The Balaban J connectivity index is 2.30. The minimum atomic E-state index is -0.667. The summed E-state index contributed by atoms with van der Waals surface area (Å²) in [6, 6.07) is 3.34. The van der Waals surface area contributed by atoms with Crippen molar-refractivity contribution in [2.24, 2.45) is 0 Å². The lowest BCUT2D eigenvalue weighted by Crippen LogP contribution is -1.92. The van der Waals surface area contributed by atoms with Crippen LogP contribution in [0.3, 0.4) is 0 Å². The monoisotopic (exact) mass is 232 g/mol. The minimum Gasteiger partial charge on any atom is -0.341 e. The number of nitrogens with one attached hydrogen (secondary N) is 1. The molecule has 3 aromatic rings. The molecule has 2 heterocycles. The molecule has 0 radical (unpaired) electrons. The van der Waals surface area contributed by atoms with Crippen LogP contribution in [-0.4, -0.2) is 19.9 Å². The number of benzene rings is 1. The standard InChI is InChI=1S/C11H6F2N4/c12-6-1-2-7(8(13)3-6)9-10-11(16-4-14-9)17-5-15-10/h1-5H,(H,14,15,16,17). The van der Waals surface area contributed by atoms with Gasteiger partial charge in [-0.25, -0.2) is 23.7 Å². The maximum absolute atomic E-state index is 13.6. The zero-order valence-corrected chi connectivity index (χ0v) is 8.48. The van der Waals surface area contributed by atoms with Crippen LogP contribution in [0.4, 0.5) is 8.78 Å². The minimum absolute atomic E-state index is 0.211. The van der Waals surface area contributed by atoms with Gasteiger partial charge in [0.2, 0.25) is 0 Å². The number of hydrogen-bond acceptors (Lipinski definition) is 3. The second-order valence-corrected chi connectivity index (χ2v) is 3.45. The second-order valence-electron chi connectivity index (χ2n) is 3.45. The van der Waals surface area contributed by atoms with Gasteiger partial charge in [-0.15, -0.1) is 0 Å². The fraction of sp³-hybridized carbons (Fsp3) is 0. The van der Waals surface area contributed by atoms with Crippen LogP contribution in [0.2, 0.25) is 0 Å². The topological polar surface area (TPSA) is 54.5 Å². The van der Waals surface area contributed by atoms with Gasteiger partial charge in [0.05, 0.1) is 6.33 Å². The van der Waals surface area contributed by atoms with Gasteiger partial charge < -0.3 is 4.98 Å². The van der Waals surface area contributed by atoms with E-state index in [4.69, 9.17) is 0 Å². The van der Waals surface area contributed by atoms with Crippen LogP contribution in [-0.2, 0) is 0 Å². The SMILES string of the molecule is Fc1ccc(-c2ncnc3nc[nH]c23)c(F)c1. The molecule has 1 aromatic carbocycles. The molecule has 0 atom stereocenters. The van der Waals surface area contributed by atoms with E-state index in [2.05, 4.69) is 19.9 Å². The Morgan fingerprint density at radius 2 is 1.94 bits per heavy atom. The summed E-state index contributed by atoms with van der Waals surface area (Å²) >= 11 is 0. The van der Waals surface area contributed by atoms with Crippen molar-refractivity contribution in [3.05, 3.63) is 42.5 Å². The lowest BCUT2D eigenvalue weighted by atomic mass is 10.1. The number of aromatic amines is 1. The Bertz CT molecular complexity index is 693. The van der Waals surface area contributed by atoms with Gasteiger partial charge in [0.1, 0.15) is 29.2 Å². The Labute approximate surface area is 94.4 Å². The summed E-state index contributed by atoms with van der Waals surface area (Å²) in [6.07, 6.45) is 2.74. The van der Waals surface area contributed by atoms with E-state index in [9.17, 15) is 8.78 Å². The first kappa shape index (κ1) is 9.83. The second kappa shape index (κ2) is 3.58. The summed E-state index contributed by atoms with van der Waals surface area (Å²) in [4.78, 5) is 14.7. The molecule has 0 amide bonds. The number of aromatic nitrogens is 4. The van der Waals surface area contributed by atoms with E-state index in [1.807, 2.05) is 0 Å². The fourth-order valence-electron chi connectivity index (χ4n) is 1.65. The highest BCUT2D eigenvalue weighted by Gasteiger charge is 2.12. The van der Waals surface area contributed by atoms with Gasteiger partial charge >= 0.3 is 0 Å². The van der Waals surface area contributed by atoms with Gasteiger partial charge in [-0.1, -0.05) is 0 Å². The van der Waals surface area contributed by atoms with E-state index in [-0.39, 0.29) is 5.56 Å². The van der Waals surface area contributed by atoms with E-state index in [0.717, 1.165) is 6.07 Å². The Kier molecular flexibility index (Phi) is 2.07. The molecule has 0 bridgehead atoms. The molecular formula is C11H6F2N4. The number of halogens is 2. The molecule has 6 heteroatoms. The molecule has 0 spiro atoms. The van der Waals surface area contributed by atoms with Crippen LogP contribution < -0.4 is 0 Å². The molecule has 0 unspecified atom stereocenters. The van der Waals surface area contributed by atoms with Crippen LogP contribution in [0.1, 0.15) is 0 Å². The van der Waals surface area contributed by atoms with Gasteiger partial charge in [0.15, 0.2) is 5.65 Å². The summed E-state index contributed by atoms with van der Waals surface area (Å²) in [5, 5.41) is 0. The Hall–Kier alpha value is -2.37. The smallest absolute Gasteiger partial charge is 0.181 e. The first-order valence-corrected chi connectivity index (χ1v) is 4.85. The third-order valence-corrected chi connectivity index (χ3v) is 2.41. The van der Waals surface area contributed by atoms with Crippen molar-refractivity contribution >= 4 is 11.2 Å². The van der Waals surface area contributed by atoms with E-state index in [1.165, 1.54) is 24.8 Å². The number of nitrogens with zero attached hydrogens (tertiary/aromatic N) is 3. The predicted octanol–water partition coefficient (Wildman–Crippen LogP) is 2.30. The van der Waals surface area contributed by atoms with Crippen LogP contribution in [0.5, 0.6) is 0 Å². The maximum Gasteiger partial charge on any atom is 0.181 e. The molecule has 0 saturated heterocycles. The molecule has 84 valence electrons. The van der Waals surface area contributed by atoms with Crippen LogP contribution in [0, 0.1) is 11.6 Å². The molecule has 3 rings (SSSR count). The van der Waals surface area contributed by atoms with Gasteiger partial charge in [0, 0.05) is 11.6 Å². The summed E-state index contributed by atoms with van der Waals surface area (Å²) < 4.78 is 26.5. The van der Waals surface area contributed by atoms with E-state index in [0.29, 0.717) is 16.9 Å². The van der Waals surface area contributed by atoms with Gasteiger partial charge in [-0.2, -0.15) is 0 Å². The lowest BCUT2D eigenvalue weighted by Gasteiger charge is -2.03. The molecule has 17 heavy (non-hydrogen) atoms. The number of hydrogen-bond donors (Lipinski definition) is 1. The summed E-state index contributed by atoms with van der Waals surface area (Å²) in [7, 11) is 0. The van der Waals surface area contributed by atoms with Crippen molar-refractivity contribution in [3.63, 3.8) is 0 Å². The van der Waals surface area contributed by atoms with Crippen molar-refractivity contribution in [1.82, 2.24) is 19.9 Å². The fourth-order valence-corrected chi connectivity index (χ4v) is 1.65. The molecule has 0 fully saturated rings. The molecule has 0 aliphatic rings. The molecule has 1 N–H and O–H groups in total. The normalized spacial score (nSPS) is 10.9. The van der Waals surface area contributed by atoms with Crippen LogP contribution in [0.15, 0.2) is 30.9 Å². The predicted molar refractivity (Wildman–Crippen MR) is 57.0 cm³/mol. The molecule has 0 aliphatic carbocycles. The molecule has 2 aromatic heterocycles. The summed E-state index contributed by atoms with van der Waals surface area (Å²) in [6.45, 7) is 0. The van der Waals surface area contributed by atoms with Crippen molar-refractivity contribution < 1.29 is 8.78 Å². The summed E-state index contributed by atoms with van der Waals surface area (Å²) in [5.41, 5.74) is 1.55. The Morgan fingerprint density at radius 3 is 2.76 bits per heavy atom. The van der Waals surface area contributed by atoms with E-state index in [1.54, 1.807) is 0 Å². The number of imidazole rings is 1. The maximum atomic E-state index is 13.6. The average Bonchev–Trinajstić information content (AvgIpc) is 2.77. The van der Waals surface area contributed by atoms with E-state index >= 15 is 0 Å². The summed E-state index contributed by atoms with van der Waals surface area (Å²) in [5.74, 6) is -1.29. The van der Waals surface area contributed by atoms with Crippen molar-refractivity contribution in [3.8, 4) is 11.3 Å². The molecule has 0 aliphatic heterocycles. The third-order valence-electron chi connectivity index (χ3n) is 2.41. The van der Waals surface area contributed by atoms with Crippen molar-refractivity contribution in [2.75, 3.05) is 0 Å². The number of fused-ring (bicyclic) bond motifs is 1. The van der Waals surface area contributed by atoms with Crippen molar-refractivity contribution in [2.45, 2.75) is 0 Å². The highest BCUT2D eigenvalue weighted by molar-refractivity contribution is 5.86. The average molecular weight is 232 g/mol. The highest BCUT2D eigenvalue weighted by Crippen LogP contribution is 2.25.